The summed E-state index contributed by atoms with van der Waals surface area (Å²) in [7, 11) is 0. The molecule has 0 heterocycles. The van der Waals surface area contributed by atoms with E-state index < -0.39 is 0 Å². The lowest BCUT2D eigenvalue weighted by Gasteiger charge is -2.56. The summed E-state index contributed by atoms with van der Waals surface area (Å²) in [5.74, 6) is 2.82. The summed E-state index contributed by atoms with van der Waals surface area (Å²) in [6, 6.07) is 0. The van der Waals surface area contributed by atoms with Crippen LogP contribution < -0.4 is 24.0 Å². The maximum absolute atomic E-state index is 12.4. The molecule has 140 valence electrons. The molecule has 4 saturated carbocycles. The Labute approximate surface area is 165 Å². The molecule has 4 aliphatic rings. The van der Waals surface area contributed by atoms with E-state index in [1.165, 1.54) is 38.5 Å². The Hall–Kier alpha value is 0.160. The lowest BCUT2D eigenvalue weighted by Crippen LogP contribution is -3.00. The van der Waals surface area contributed by atoms with Crippen LogP contribution in [0.3, 0.4) is 0 Å². The van der Waals surface area contributed by atoms with Gasteiger partial charge in [0.25, 0.3) is 0 Å². The number of hydrogen-bond acceptors (Lipinski definition) is 2. The first kappa shape index (κ1) is 20.5. The molecule has 4 bridgehead atoms. The molecule has 0 aromatic rings. The quantitative estimate of drug-likeness (QED) is 0.314. The summed E-state index contributed by atoms with van der Waals surface area (Å²) in [5, 5.41) is 0. The SMILES string of the molecule is CC[N+](CC)(CC)CCOC(=O)CC12CC3CC(CC(C3)C1)C2.[I-]. The van der Waals surface area contributed by atoms with E-state index in [2.05, 4.69) is 20.8 Å². The zero-order valence-electron chi connectivity index (χ0n) is 15.9. The van der Waals surface area contributed by atoms with E-state index in [9.17, 15) is 4.79 Å². The van der Waals surface area contributed by atoms with Gasteiger partial charge in [-0.15, -0.1) is 0 Å². The fourth-order valence-electron chi connectivity index (χ4n) is 6.36. The topological polar surface area (TPSA) is 26.3 Å². The first-order chi connectivity index (χ1) is 11.0. The number of likely N-dealkylation sites (N-methyl/N-ethyl adjacent to an activating group) is 1. The molecule has 4 rings (SSSR count). The molecule has 0 saturated heterocycles. The molecule has 3 nitrogen and oxygen atoms in total. The summed E-state index contributed by atoms with van der Waals surface area (Å²) in [6.45, 7) is 11.7. The Morgan fingerprint density at radius 1 is 0.958 bits per heavy atom. The normalized spacial score (nSPS) is 34.0. The zero-order valence-corrected chi connectivity index (χ0v) is 18.0. The zero-order chi connectivity index (χ0) is 16.5. The van der Waals surface area contributed by atoms with Gasteiger partial charge in [0.1, 0.15) is 13.2 Å². The molecule has 0 spiro atoms. The van der Waals surface area contributed by atoms with E-state index in [1.54, 1.807) is 0 Å². The summed E-state index contributed by atoms with van der Waals surface area (Å²) < 4.78 is 6.75. The summed E-state index contributed by atoms with van der Waals surface area (Å²) in [5.41, 5.74) is 0.318. The average Bonchev–Trinajstić information content (AvgIpc) is 2.50. The van der Waals surface area contributed by atoms with Crippen molar-refractivity contribution < 1.29 is 38.0 Å². The molecule has 4 aliphatic carbocycles. The van der Waals surface area contributed by atoms with E-state index in [0.717, 1.165) is 48.4 Å². The van der Waals surface area contributed by atoms with E-state index >= 15 is 0 Å². The van der Waals surface area contributed by atoms with Crippen LogP contribution in [0.4, 0.5) is 0 Å². The lowest BCUT2D eigenvalue weighted by atomic mass is 9.49. The van der Waals surface area contributed by atoms with Crippen molar-refractivity contribution in [2.75, 3.05) is 32.8 Å². The maximum atomic E-state index is 12.4. The molecule has 0 radical (unpaired) electrons. The number of hydrogen-bond donors (Lipinski definition) is 0. The second kappa shape index (κ2) is 8.24. The minimum atomic E-state index is 0. The third-order valence-corrected chi connectivity index (χ3v) is 7.53. The van der Waals surface area contributed by atoms with Gasteiger partial charge in [-0.25, -0.2) is 0 Å². The number of rotatable bonds is 8. The number of quaternary nitrogens is 1. The predicted octanol–water partition coefficient (Wildman–Crippen LogP) is 1.02. The Bertz CT molecular complexity index is 390. The number of halogens is 1. The van der Waals surface area contributed by atoms with Gasteiger partial charge in [-0.2, -0.15) is 0 Å². The van der Waals surface area contributed by atoms with E-state index in [0.29, 0.717) is 18.4 Å². The van der Waals surface area contributed by atoms with Crippen molar-refractivity contribution in [3.63, 3.8) is 0 Å². The highest BCUT2D eigenvalue weighted by Crippen LogP contribution is 2.61. The standard InChI is InChI=1S/C20H36NO2.HI/c1-4-21(5-2,6-3)7-8-23-19(22)15-20-12-16-9-17(13-20)11-18(10-16)14-20;/h16-18H,4-15H2,1-3H3;1H/q+1;/p-1. The van der Waals surface area contributed by atoms with Crippen molar-refractivity contribution in [2.45, 2.75) is 65.7 Å². The van der Waals surface area contributed by atoms with Gasteiger partial charge in [-0.05, 0) is 82.5 Å². The van der Waals surface area contributed by atoms with Crippen LogP contribution in [0.5, 0.6) is 0 Å². The first-order valence-corrected chi connectivity index (χ1v) is 10.0. The lowest BCUT2D eigenvalue weighted by molar-refractivity contribution is -0.923. The van der Waals surface area contributed by atoms with Crippen LogP contribution in [-0.4, -0.2) is 43.2 Å². The molecule has 4 fully saturated rings. The second-order valence-corrected chi connectivity index (χ2v) is 8.83. The number of esters is 1. The number of carbonyl (C=O) groups excluding carboxylic acids is 1. The van der Waals surface area contributed by atoms with Gasteiger partial charge in [0.2, 0.25) is 0 Å². The molecular formula is C20H36INO2. The van der Waals surface area contributed by atoms with Crippen LogP contribution in [-0.2, 0) is 9.53 Å². The van der Waals surface area contributed by atoms with Crippen LogP contribution in [0.15, 0.2) is 0 Å². The summed E-state index contributed by atoms with van der Waals surface area (Å²) in [4.78, 5) is 12.4. The summed E-state index contributed by atoms with van der Waals surface area (Å²) >= 11 is 0. The molecule has 24 heavy (non-hydrogen) atoms. The molecule has 4 heteroatoms. The van der Waals surface area contributed by atoms with Gasteiger partial charge in [0.05, 0.1) is 26.1 Å². The van der Waals surface area contributed by atoms with Crippen molar-refractivity contribution in [3.05, 3.63) is 0 Å². The third kappa shape index (κ3) is 4.28. The minimum absolute atomic E-state index is 0. The van der Waals surface area contributed by atoms with E-state index in [-0.39, 0.29) is 29.9 Å². The van der Waals surface area contributed by atoms with Crippen molar-refractivity contribution in [1.29, 1.82) is 0 Å². The Kier molecular flexibility index (Phi) is 7.03. The fourth-order valence-corrected chi connectivity index (χ4v) is 6.36. The van der Waals surface area contributed by atoms with Crippen LogP contribution in [0.25, 0.3) is 0 Å². The van der Waals surface area contributed by atoms with E-state index in [4.69, 9.17) is 4.74 Å². The van der Waals surface area contributed by atoms with Gasteiger partial charge in [0, 0.05) is 0 Å². The second-order valence-electron chi connectivity index (χ2n) is 8.83. The fraction of sp³-hybridized carbons (Fsp3) is 0.950. The Balaban J connectivity index is 0.00000208. The molecule has 0 aliphatic heterocycles. The molecule has 0 unspecified atom stereocenters. The molecule has 0 aromatic carbocycles. The predicted molar refractivity (Wildman–Crippen MR) is 92.9 cm³/mol. The van der Waals surface area contributed by atoms with Crippen molar-refractivity contribution >= 4 is 5.97 Å². The van der Waals surface area contributed by atoms with Crippen molar-refractivity contribution in [1.82, 2.24) is 0 Å². The number of carbonyl (C=O) groups is 1. The van der Waals surface area contributed by atoms with Crippen molar-refractivity contribution in [2.24, 2.45) is 23.2 Å². The maximum Gasteiger partial charge on any atom is 0.306 e. The first-order valence-electron chi connectivity index (χ1n) is 10.0. The highest BCUT2D eigenvalue weighted by molar-refractivity contribution is 5.70. The van der Waals surface area contributed by atoms with Crippen LogP contribution in [0.1, 0.15) is 65.7 Å². The average molecular weight is 449 g/mol. The largest absolute Gasteiger partial charge is 1.00 e. The Morgan fingerprint density at radius 2 is 1.42 bits per heavy atom. The smallest absolute Gasteiger partial charge is 0.306 e. The summed E-state index contributed by atoms with van der Waals surface area (Å²) in [6.07, 6.45) is 8.92. The van der Waals surface area contributed by atoms with Gasteiger partial charge in [0.15, 0.2) is 0 Å². The van der Waals surface area contributed by atoms with Gasteiger partial charge >= 0.3 is 5.97 Å². The van der Waals surface area contributed by atoms with E-state index in [1.807, 2.05) is 0 Å². The molecule has 0 aromatic heterocycles. The van der Waals surface area contributed by atoms with Crippen LogP contribution >= 0.6 is 0 Å². The highest BCUT2D eigenvalue weighted by Gasteiger charge is 2.51. The van der Waals surface area contributed by atoms with Gasteiger partial charge in [-0.1, -0.05) is 0 Å². The minimum Gasteiger partial charge on any atom is -1.00 e. The monoisotopic (exact) mass is 449 g/mol. The molecular weight excluding hydrogens is 413 g/mol. The van der Waals surface area contributed by atoms with Crippen LogP contribution in [0, 0.1) is 23.2 Å². The van der Waals surface area contributed by atoms with Crippen molar-refractivity contribution in [3.8, 4) is 0 Å². The van der Waals surface area contributed by atoms with Crippen LogP contribution in [0.2, 0.25) is 0 Å². The molecule has 0 amide bonds. The highest BCUT2D eigenvalue weighted by atomic mass is 127. The number of ether oxygens (including phenoxy) is 1. The molecule has 0 atom stereocenters. The van der Waals surface area contributed by atoms with Gasteiger partial charge < -0.3 is 33.2 Å². The van der Waals surface area contributed by atoms with Gasteiger partial charge in [-0.3, -0.25) is 4.79 Å². The molecule has 0 N–H and O–H groups in total. The third-order valence-electron chi connectivity index (χ3n) is 7.53. The number of nitrogens with zero attached hydrogens (tertiary/aromatic N) is 1. The Morgan fingerprint density at radius 3 is 1.83 bits per heavy atom.